The number of nitrogens with zero attached hydrogens (tertiary/aromatic N) is 1. The fraction of sp³-hybridized carbons (Fsp3) is 0.600. The van der Waals surface area contributed by atoms with Crippen LogP contribution in [0, 0.1) is 12.8 Å². The Labute approximate surface area is 200 Å². The van der Waals surface area contributed by atoms with Gasteiger partial charge in [0.1, 0.15) is 18.3 Å². The predicted octanol–water partition coefficient (Wildman–Crippen LogP) is 5.67. The van der Waals surface area contributed by atoms with Crippen molar-refractivity contribution in [1.29, 1.82) is 0 Å². The van der Waals surface area contributed by atoms with Crippen LogP contribution in [0.5, 0.6) is 0 Å². The second-order valence-corrected chi connectivity index (χ2v) is 9.62. The van der Waals surface area contributed by atoms with Crippen molar-refractivity contribution >= 4 is 17.4 Å². The molecule has 2 aliphatic carbocycles. The molecule has 1 N–H and O–H groups in total. The molecule has 0 aromatic carbocycles. The number of rotatable bonds is 4. The molecule has 1 amide bonds. The van der Waals surface area contributed by atoms with Crippen LogP contribution in [0.1, 0.15) is 78.2 Å². The lowest BCUT2D eigenvalue weighted by Gasteiger charge is -2.33. The number of fused-ring (bicyclic) bond motifs is 1. The third-order valence-electron chi connectivity index (χ3n) is 7.32. The highest BCUT2D eigenvalue weighted by Crippen LogP contribution is 2.43. The van der Waals surface area contributed by atoms with E-state index in [2.05, 4.69) is 5.32 Å². The van der Waals surface area contributed by atoms with E-state index in [9.17, 15) is 31.5 Å². The first-order valence-corrected chi connectivity index (χ1v) is 11.9. The zero-order valence-corrected chi connectivity index (χ0v) is 19.6. The van der Waals surface area contributed by atoms with E-state index in [4.69, 9.17) is 4.74 Å². The molecule has 0 radical (unpaired) electrons. The topological polar surface area (TPSA) is 59.8 Å². The van der Waals surface area contributed by atoms with Crippen molar-refractivity contribution in [3.8, 4) is 0 Å². The number of aryl methyl sites for hydroxylation is 1. The minimum Gasteiger partial charge on any atom is -0.465 e. The van der Waals surface area contributed by atoms with E-state index in [0.29, 0.717) is 37.8 Å². The second kappa shape index (κ2) is 9.78. The molecule has 10 heteroatoms. The van der Waals surface area contributed by atoms with Crippen molar-refractivity contribution in [3.63, 3.8) is 0 Å². The van der Waals surface area contributed by atoms with Gasteiger partial charge in [0.05, 0.1) is 18.2 Å². The van der Waals surface area contributed by atoms with E-state index in [0.717, 1.165) is 6.07 Å². The molecule has 2 atom stereocenters. The van der Waals surface area contributed by atoms with Crippen LogP contribution in [0.4, 0.5) is 22.0 Å². The Hall–Kier alpha value is -2.65. The smallest absolute Gasteiger partial charge is 0.418 e. The fourth-order valence-electron chi connectivity index (χ4n) is 5.63. The summed E-state index contributed by atoms with van der Waals surface area (Å²) in [6, 6.07) is 3.59. The van der Waals surface area contributed by atoms with Gasteiger partial charge in [-0.1, -0.05) is 0 Å². The summed E-state index contributed by atoms with van der Waals surface area (Å²) in [5, 5.41) is 2.74. The summed E-state index contributed by atoms with van der Waals surface area (Å²) in [5.41, 5.74) is 0.276. The summed E-state index contributed by atoms with van der Waals surface area (Å²) < 4.78 is 76.5. The van der Waals surface area contributed by atoms with Crippen molar-refractivity contribution in [1.82, 2.24) is 9.72 Å². The van der Waals surface area contributed by atoms with Crippen LogP contribution in [-0.2, 0) is 15.7 Å². The SMILES string of the molecule is COC(=O)c1cc(C)n2c(C3CCC(NC(=O)C4C(F)CCCC4F)CC3)c(C(F)(F)F)cc2c1. The highest BCUT2D eigenvalue weighted by atomic mass is 19.4. The molecule has 5 nitrogen and oxygen atoms in total. The van der Waals surface area contributed by atoms with Crippen molar-refractivity contribution < 1.29 is 36.3 Å². The van der Waals surface area contributed by atoms with Crippen LogP contribution < -0.4 is 5.32 Å². The van der Waals surface area contributed by atoms with Crippen LogP contribution in [-0.4, -0.2) is 41.8 Å². The van der Waals surface area contributed by atoms with Gasteiger partial charge >= 0.3 is 12.1 Å². The molecular weight excluding hydrogens is 471 g/mol. The number of aromatic nitrogens is 1. The lowest BCUT2D eigenvalue weighted by molar-refractivity contribution is -0.138. The molecule has 0 bridgehead atoms. The van der Waals surface area contributed by atoms with Gasteiger partial charge in [0.2, 0.25) is 5.91 Å². The van der Waals surface area contributed by atoms with Gasteiger partial charge < -0.3 is 14.5 Å². The largest absolute Gasteiger partial charge is 0.465 e. The molecular formula is C25H29F5N2O3. The zero-order chi connectivity index (χ0) is 25.5. The maximum absolute atomic E-state index is 14.2. The van der Waals surface area contributed by atoms with Crippen molar-refractivity contribution in [3.05, 3.63) is 40.7 Å². The predicted molar refractivity (Wildman–Crippen MR) is 119 cm³/mol. The van der Waals surface area contributed by atoms with Gasteiger partial charge in [-0.3, -0.25) is 4.79 Å². The number of amides is 1. The molecule has 192 valence electrons. The standard InChI is InChI=1S/C25H29F5N2O3/c1-13-10-15(24(34)35-2)11-17-12-18(25(28,29)30)22(32(13)17)14-6-8-16(9-7-14)31-23(33)21-19(26)4-3-5-20(21)27/h10-12,14,16,19-21H,3-9H2,1-2H3,(H,31,33). The van der Waals surface area contributed by atoms with Gasteiger partial charge in [0, 0.05) is 28.9 Å². The van der Waals surface area contributed by atoms with E-state index in [-0.39, 0.29) is 35.7 Å². The molecule has 0 spiro atoms. The quantitative estimate of drug-likeness (QED) is 0.435. The molecule has 2 unspecified atom stereocenters. The van der Waals surface area contributed by atoms with Gasteiger partial charge in [0.25, 0.3) is 0 Å². The number of hydrogen-bond acceptors (Lipinski definition) is 3. The van der Waals surface area contributed by atoms with E-state index in [1.54, 1.807) is 6.92 Å². The number of halogens is 5. The molecule has 2 fully saturated rings. The zero-order valence-electron chi connectivity index (χ0n) is 19.6. The molecule has 2 aliphatic rings. The number of esters is 1. The summed E-state index contributed by atoms with van der Waals surface area (Å²) in [5.74, 6) is -3.03. The number of pyridine rings is 1. The molecule has 4 rings (SSSR count). The Balaban J connectivity index is 1.55. The number of nitrogens with one attached hydrogen (secondary N) is 1. The molecule has 2 saturated carbocycles. The summed E-state index contributed by atoms with van der Waals surface area (Å²) in [4.78, 5) is 24.5. The summed E-state index contributed by atoms with van der Waals surface area (Å²) in [6.45, 7) is 1.64. The van der Waals surface area contributed by atoms with E-state index in [1.165, 1.54) is 23.6 Å². The number of alkyl halides is 5. The average molecular weight is 501 g/mol. The van der Waals surface area contributed by atoms with Crippen LogP contribution >= 0.6 is 0 Å². The molecule has 35 heavy (non-hydrogen) atoms. The Morgan fingerprint density at radius 1 is 1.00 bits per heavy atom. The molecule has 2 heterocycles. The Morgan fingerprint density at radius 3 is 2.20 bits per heavy atom. The highest BCUT2D eigenvalue weighted by Gasteiger charge is 2.42. The fourth-order valence-corrected chi connectivity index (χ4v) is 5.63. The number of ether oxygens (including phenoxy) is 1. The lowest BCUT2D eigenvalue weighted by Crippen LogP contribution is -2.48. The van der Waals surface area contributed by atoms with Crippen LogP contribution in [0.2, 0.25) is 0 Å². The summed E-state index contributed by atoms with van der Waals surface area (Å²) >= 11 is 0. The Morgan fingerprint density at radius 2 is 1.63 bits per heavy atom. The lowest BCUT2D eigenvalue weighted by atomic mass is 9.81. The van der Waals surface area contributed by atoms with E-state index >= 15 is 0 Å². The third-order valence-corrected chi connectivity index (χ3v) is 7.32. The molecule has 0 aliphatic heterocycles. The van der Waals surface area contributed by atoms with Crippen LogP contribution in [0.15, 0.2) is 18.2 Å². The van der Waals surface area contributed by atoms with Gasteiger partial charge in [0.15, 0.2) is 0 Å². The monoisotopic (exact) mass is 500 g/mol. The van der Waals surface area contributed by atoms with E-state index < -0.39 is 47.8 Å². The number of carbonyl (C=O) groups excluding carboxylic acids is 2. The highest BCUT2D eigenvalue weighted by molar-refractivity contribution is 5.91. The molecule has 2 aromatic rings. The summed E-state index contributed by atoms with van der Waals surface area (Å²) in [6.07, 6.45) is -5.34. The van der Waals surface area contributed by atoms with Crippen molar-refractivity contribution in [2.75, 3.05) is 7.11 Å². The van der Waals surface area contributed by atoms with Gasteiger partial charge in [-0.05, 0) is 70.1 Å². The van der Waals surface area contributed by atoms with Gasteiger partial charge in [-0.25, -0.2) is 13.6 Å². The first-order chi connectivity index (χ1) is 16.5. The second-order valence-electron chi connectivity index (χ2n) is 9.62. The third kappa shape index (κ3) is 5.02. The van der Waals surface area contributed by atoms with Crippen LogP contribution in [0.25, 0.3) is 5.52 Å². The number of hydrogen-bond donors (Lipinski definition) is 1. The summed E-state index contributed by atoms with van der Waals surface area (Å²) in [7, 11) is 1.21. The number of carbonyl (C=O) groups is 2. The first-order valence-electron chi connectivity index (χ1n) is 11.9. The Bertz CT molecular complexity index is 1090. The van der Waals surface area contributed by atoms with Gasteiger partial charge in [-0.2, -0.15) is 13.2 Å². The normalized spacial score (nSPS) is 27.6. The average Bonchev–Trinajstić information content (AvgIpc) is 3.20. The maximum atomic E-state index is 14.2. The van der Waals surface area contributed by atoms with Crippen LogP contribution in [0.3, 0.4) is 0 Å². The van der Waals surface area contributed by atoms with E-state index in [1.807, 2.05) is 0 Å². The molecule has 0 saturated heterocycles. The first kappa shape index (κ1) is 25.4. The minimum atomic E-state index is -4.59. The van der Waals surface area contributed by atoms with Gasteiger partial charge in [-0.15, -0.1) is 0 Å². The Kier molecular flexibility index (Phi) is 7.11. The number of methoxy groups -OCH3 is 1. The van der Waals surface area contributed by atoms with Crippen molar-refractivity contribution in [2.45, 2.75) is 82.3 Å². The minimum absolute atomic E-state index is 0.131. The maximum Gasteiger partial charge on any atom is 0.418 e. The molecule has 2 aromatic heterocycles. The van der Waals surface area contributed by atoms with Crippen molar-refractivity contribution in [2.24, 2.45) is 5.92 Å².